The third-order valence-electron chi connectivity index (χ3n) is 3.44. The summed E-state index contributed by atoms with van der Waals surface area (Å²) in [6, 6.07) is 10.4. The van der Waals surface area contributed by atoms with Gasteiger partial charge in [0, 0.05) is 30.4 Å². The van der Waals surface area contributed by atoms with Crippen molar-refractivity contribution in [2.24, 2.45) is 0 Å². The number of benzene rings is 1. The van der Waals surface area contributed by atoms with Crippen molar-refractivity contribution >= 4 is 39.1 Å². The minimum atomic E-state index is 0.422. The number of rotatable bonds is 7. The smallest absolute Gasteiger partial charge is 0.158 e. The van der Waals surface area contributed by atoms with E-state index in [1.54, 1.807) is 18.4 Å². The highest BCUT2D eigenvalue weighted by Crippen LogP contribution is 2.36. The summed E-state index contributed by atoms with van der Waals surface area (Å²) in [7, 11) is 1.66. The normalized spacial score (nSPS) is 11.0. The maximum Gasteiger partial charge on any atom is 0.158 e. The lowest BCUT2D eigenvalue weighted by Crippen LogP contribution is -2.08. The molecule has 23 heavy (non-hydrogen) atoms. The van der Waals surface area contributed by atoms with Gasteiger partial charge in [-0.15, -0.1) is 11.3 Å². The number of hydrogen-bond donors (Lipinski definition) is 1. The summed E-state index contributed by atoms with van der Waals surface area (Å²) in [4.78, 5) is 10.3. The molecule has 1 N–H and O–H groups in total. The number of aromatic nitrogens is 2. The van der Waals surface area contributed by atoms with Gasteiger partial charge in [0.15, 0.2) is 5.82 Å². The lowest BCUT2D eigenvalue weighted by molar-refractivity contribution is 0.178. The molecule has 3 rings (SSSR count). The van der Waals surface area contributed by atoms with Crippen molar-refractivity contribution in [2.75, 3.05) is 31.0 Å². The van der Waals surface area contributed by atoms with Crippen LogP contribution in [0.3, 0.4) is 0 Å². The number of thiophene rings is 1. The SMILES string of the molecule is COCc1nc(NCCSC)c2c(-c3ccccc3)csc2n1. The van der Waals surface area contributed by atoms with E-state index in [0.717, 1.165) is 28.3 Å². The van der Waals surface area contributed by atoms with E-state index in [4.69, 9.17) is 4.74 Å². The van der Waals surface area contributed by atoms with Crippen LogP contribution in [0, 0.1) is 0 Å². The van der Waals surface area contributed by atoms with Gasteiger partial charge in [0.25, 0.3) is 0 Å². The molecule has 0 aliphatic heterocycles. The fourth-order valence-corrected chi connectivity index (χ4v) is 3.68. The molecule has 0 atom stereocenters. The first kappa shape index (κ1) is 16.2. The predicted molar refractivity (Wildman–Crippen MR) is 100 cm³/mol. The maximum absolute atomic E-state index is 5.20. The van der Waals surface area contributed by atoms with Crippen LogP contribution in [0.5, 0.6) is 0 Å². The van der Waals surface area contributed by atoms with Gasteiger partial charge in [-0.3, -0.25) is 0 Å². The van der Waals surface area contributed by atoms with Gasteiger partial charge < -0.3 is 10.1 Å². The molecule has 0 saturated heterocycles. The fourth-order valence-electron chi connectivity index (χ4n) is 2.41. The Morgan fingerprint density at radius 3 is 2.78 bits per heavy atom. The Hall–Kier alpha value is -1.63. The lowest BCUT2D eigenvalue weighted by Gasteiger charge is -2.10. The Kier molecular flexibility index (Phi) is 5.48. The zero-order valence-corrected chi connectivity index (χ0v) is 14.8. The Labute approximate surface area is 144 Å². The monoisotopic (exact) mass is 345 g/mol. The second-order valence-electron chi connectivity index (χ2n) is 5.04. The van der Waals surface area contributed by atoms with Crippen molar-refractivity contribution in [2.45, 2.75) is 6.61 Å². The van der Waals surface area contributed by atoms with Crippen molar-refractivity contribution < 1.29 is 4.74 Å². The average molecular weight is 345 g/mol. The Bertz CT molecular complexity index is 774. The third-order valence-corrected chi connectivity index (χ3v) is 4.92. The first-order chi connectivity index (χ1) is 11.3. The molecule has 2 heterocycles. The summed E-state index contributed by atoms with van der Waals surface area (Å²) in [5.41, 5.74) is 2.37. The fraction of sp³-hybridized carbons (Fsp3) is 0.294. The molecule has 0 fully saturated rings. The number of nitrogens with zero attached hydrogens (tertiary/aromatic N) is 2. The first-order valence-corrected chi connectivity index (χ1v) is 9.66. The Balaban J connectivity index is 2.08. The van der Waals surface area contributed by atoms with Crippen molar-refractivity contribution in [3.05, 3.63) is 41.5 Å². The van der Waals surface area contributed by atoms with E-state index in [1.165, 1.54) is 11.1 Å². The van der Waals surface area contributed by atoms with Crippen molar-refractivity contribution in [3.8, 4) is 11.1 Å². The molecule has 0 aliphatic carbocycles. The van der Waals surface area contributed by atoms with E-state index >= 15 is 0 Å². The summed E-state index contributed by atoms with van der Waals surface area (Å²) in [6.45, 7) is 1.30. The van der Waals surface area contributed by atoms with Crippen LogP contribution >= 0.6 is 23.1 Å². The number of ether oxygens (including phenoxy) is 1. The van der Waals surface area contributed by atoms with E-state index in [-0.39, 0.29) is 0 Å². The molecule has 1 aromatic carbocycles. The topological polar surface area (TPSA) is 47.0 Å². The molecule has 0 spiro atoms. The number of methoxy groups -OCH3 is 1. The standard InChI is InChI=1S/C17H19N3OS2/c1-21-10-14-19-16(18-8-9-22-2)15-13(11-23-17(15)20-14)12-6-4-3-5-7-12/h3-7,11H,8-10H2,1-2H3,(H,18,19,20). The Morgan fingerprint density at radius 2 is 2.04 bits per heavy atom. The van der Waals surface area contributed by atoms with Gasteiger partial charge >= 0.3 is 0 Å². The molecule has 0 aliphatic rings. The molecular formula is C17H19N3OS2. The van der Waals surface area contributed by atoms with Gasteiger partial charge in [-0.2, -0.15) is 11.8 Å². The number of thioether (sulfide) groups is 1. The van der Waals surface area contributed by atoms with Crippen molar-refractivity contribution in [3.63, 3.8) is 0 Å². The largest absolute Gasteiger partial charge is 0.377 e. The van der Waals surface area contributed by atoms with Crippen molar-refractivity contribution in [1.29, 1.82) is 0 Å². The summed E-state index contributed by atoms with van der Waals surface area (Å²) >= 11 is 3.47. The second kappa shape index (κ2) is 7.77. The number of hydrogen-bond acceptors (Lipinski definition) is 6. The van der Waals surface area contributed by atoms with Gasteiger partial charge in [0.1, 0.15) is 17.3 Å². The van der Waals surface area contributed by atoms with Crippen LogP contribution < -0.4 is 5.32 Å². The van der Waals surface area contributed by atoms with E-state index in [9.17, 15) is 0 Å². The molecule has 3 aromatic rings. The van der Waals surface area contributed by atoms with E-state index < -0.39 is 0 Å². The number of nitrogens with one attached hydrogen (secondary N) is 1. The molecule has 0 saturated carbocycles. The van der Waals surface area contributed by atoms with E-state index in [2.05, 4.69) is 51.2 Å². The highest BCUT2D eigenvalue weighted by atomic mass is 32.2. The van der Waals surface area contributed by atoms with E-state index in [0.29, 0.717) is 12.4 Å². The van der Waals surface area contributed by atoms with E-state index in [1.807, 2.05) is 17.8 Å². The third kappa shape index (κ3) is 3.65. The van der Waals surface area contributed by atoms with Crippen LogP contribution in [-0.4, -0.2) is 35.6 Å². The molecule has 6 heteroatoms. The average Bonchev–Trinajstić information content (AvgIpc) is 3.00. The van der Waals surface area contributed by atoms with Gasteiger partial charge in [-0.1, -0.05) is 30.3 Å². The highest BCUT2D eigenvalue weighted by Gasteiger charge is 2.15. The molecule has 4 nitrogen and oxygen atoms in total. The van der Waals surface area contributed by atoms with Gasteiger partial charge in [-0.05, 0) is 11.8 Å². The summed E-state index contributed by atoms with van der Waals surface area (Å²) < 4.78 is 5.20. The molecule has 2 aromatic heterocycles. The zero-order chi connectivity index (χ0) is 16.1. The second-order valence-corrected chi connectivity index (χ2v) is 6.88. The highest BCUT2D eigenvalue weighted by molar-refractivity contribution is 7.98. The van der Waals surface area contributed by atoms with Crippen LogP contribution in [0.25, 0.3) is 21.3 Å². The summed E-state index contributed by atoms with van der Waals surface area (Å²) in [6.07, 6.45) is 2.10. The van der Waals surface area contributed by atoms with Crippen LogP contribution in [0.2, 0.25) is 0 Å². The Morgan fingerprint density at radius 1 is 1.22 bits per heavy atom. The molecule has 0 bridgehead atoms. The summed E-state index contributed by atoms with van der Waals surface area (Å²) in [5.74, 6) is 2.65. The van der Waals surface area contributed by atoms with Gasteiger partial charge in [0.05, 0.1) is 5.39 Å². The zero-order valence-electron chi connectivity index (χ0n) is 13.2. The number of fused-ring (bicyclic) bond motifs is 1. The first-order valence-electron chi connectivity index (χ1n) is 7.38. The van der Waals surface area contributed by atoms with Crippen LogP contribution in [0.15, 0.2) is 35.7 Å². The predicted octanol–water partition coefficient (Wildman–Crippen LogP) is 4.28. The minimum Gasteiger partial charge on any atom is -0.377 e. The summed E-state index contributed by atoms with van der Waals surface area (Å²) in [5, 5.41) is 6.72. The molecule has 0 unspecified atom stereocenters. The van der Waals surface area contributed by atoms with Gasteiger partial charge in [-0.25, -0.2) is 9.97 Å². The van der Waals surface area contributed by atoms with Crippen molar-refractivity contribution in [1.82, 2.24) is 9.97 Å². The van der Waals surface area contributed by atoms with Crippen LogP contribution in [0.4, 0.5) is 5.82 Å². The molecule has 120 valence electrons. The van der Waals surface area contributed by atoms with Crippen LogP contribution in [-0.2, 0) is 11.3 Å². The number of anilines is 1. The quantitative estimate of drug-likeness (QED) is 0.648. The van der Waals surface area contributed by atoms with Gasteiger partial charge in [0.2, 0.25) is 0 Å². The maximum atomic E-state index is 5.20. The molecule has 0 amide bonds. The molecular weight excluding hydrogens is 326 g/mol. The van der Waals surface area contributed by atoms with Crippen LogP contribution in [0.1, 0.15) is 5.82 Å². The minimum absolute atomic E-state index is 0.422. The lowest BCUT2D eigenvalue weighted by atomic mass is 10.1. The molecule has 0 radical (unpaired) electrons.